The van der Waals surface area contributed by atoms with Crippen LogP contribution in [0.5, 0.6) is 5.75 Å². The molecule has 7 nitrogen and oxygen atoms in total. The molecular weight excluding hydrogens is 530 g/mol. The van der Waals surface area contributed by atoms with Crippen LogP contribution in [0, 0.1) is 20.8 Å². The van der Waals surface area contributed by atoms with Gasteiger partial charge in [0, 0.05) is 30.9 Å². The fraction of sp³-hybridized carbons (Fsp3) is 0.522. The molecule has 0 aliphatic carbocycles. The van der Waals surface area contributed by atoms with Crippen molar-refractivity contribution in [2.45, 2.75) is 58.5 Å². The van der Waals surface area contributed by atoms with E-state index in [4.69, 9.17) is 24.5 Å². The van der Waals surface area contributed by atoms with Gasteiger partial charge in [0.05, 0.1) is 10.7 Å². The van der Waals surface area contributed by atoms with Crippen molar-refractivity contribution in [1.82, 2.24) is 9.88 Å². The van der Waals surface area contributed by atoms with E-state index in [0.29, 0.717) is 6.10 Å². The highest BCUT2D eigenvalue weighted by Gasteiger charge is 2.38. The number of aromatic nitrogens is 1. The van der Waals surface area contributed by atoms with E-state index in [1.54, 1.807) is 0 Å². The fourth-order valence-electron chi connectivity index (χ4n) is 3.13. The van der Waals surface area contributed by atoms with Crippen LogP contribution in [0.3, 0.4) is 0 Å². The summed E-state index contributed by atoms with van der Waals surface area (Å²) in [7, 11) is 0. The molecule has 1 fully saturated rings. The first kappa shape index (κ1) is 32.2. The summed E-state index contributed by atoms with van der Waals surface area (Å²) in [5.74, 6) is -4.51. The number of aryl methyl sites for hydroxylation is 3. The van der Waals surface area contributed by atoms with Gasteiger partial charge in [-0.2, -0.15) is 26.3 Å². The van der Waals surface area contributed by atoms with E-state index in [2.05, 4.69) is 54.9 Å². The average Bonchev–Trinajstić information content (AvgIpc) is 3.11. The van der Waals surface area contributed by atoms with E-state index < -0.39 is 24.3 Å². The number of carbonyl (C=O) groups is 2. The Balaban J connectivity index is 0.000000404. The Morgan fingerprint density at radius 1 is 0.973 bits per heavy atom. The van der Waals surface area contributed by atoms with Gasteiger partial charge >= 0.3 is 24.3 Å². The third kappa shape index (κ3) is 12.8. The molecule has 0 amide bonds. The second kappa shape index (κ2) is 14.2. The van der Waals surface area contributed by atoms with Crippen LogP contribution in [0.4, 0.5) is 26.3 Å². The molecule has 0 unspecified atom stereocenters. The van der Waals surface area contributed by atoms with Gasteiger partial charge in [0.15, 0.2) is 0 Å². The van der Waals surface area contributed by atoms with Crippen LogP contribution in [0.25, 0.3) is 0 Å². The molecule has 2 aromatic rings. The molecule has 1 aliphatic heterocycles. The number of carboxylic acids is 2. The van der Waals surface area contributed by atoms with Crippen LogP contribution in [-0.2, 0) is 16.0 Å². The summed E-state index contributed by atoms with van der Waals surface area (Å²) < 4.78 is 69.6. The normalized spacial score (nSPS) is 14.6. The molecule has 208 valence electrons. The number of hydrogen-bond acceptors (Lipinski definition) is 6. The van der Waals surface area contributed by atoms with Gasteiger partial charge in [0.2, 0.25) is 0 Å². The lowest BCUT2D eigenvalue weighted by atomic mass is 10.1. The minimum Gasteiger partial charge on any atom is -0.490 e. The summed E-state index contributed by atoms with van der Waals surface area (Å²) in [5, 5.41) is 15.4. The van der Waals surface area contributed by atoms with Crippen molar-refractivity contribution in [2.24, 2.45) is 0 Å². The molecule has 14 heteroatoms. The molecule has 0 atom stereocenters. The number of likely N-dealkylation sites (tertiary alicyclic amines) is 1. The summed E-state index contributed by atoms with van der Waals surface area (Å²) >= 11 is 1.81. The maximum Gasteiger partial charge on any atom is 0.490 e. The van der Waals surface area contributed by atoms with Crippen LogP contribution in [-0.4, -0.2) is 70.1 Å². The summed E-state index contributed by atoms with van der Waals surface area (Å²) in [6, 6.07) is 8.38. The highest BCUT2D eigenvalue weighted by Crippen LogP contribution is 2.21. The standard InChI is InChI=1S/C19H26N2OS.2C2HF3O2/c1-14-4-6-17(7-5-14)22-18-8-11-21(12-9-18)13-10-19-15(2)23-16(3)20-19;2*3-2(4,5)1(6)7/h4-7,18H,8-13H2,1-3H3;2*(H,6,7). The van der Waals surface area contributed by atoms with Crippen molar-refractivity contribution in [3.8, 4) is 5.75 Å². The number of carboxylic acid groups (broad SMARTS) is 2. The van der Waals surface area contributed by atoms with Crippen LogP contribution in [0.2, 0.25) is 0 Å². The Hall–Kier alpha value is -2.87. The SMILES string of the molecule is Cc1ccc(OC2CCN(CCc3nc(C)sc3C)CC2)cc1.O=C(O)C(F)(F)F.O=C(O)C(F)(F)F. The van der Waals surface area contributed by atoms with Crippen LogP contribution >= 0.6 is 11.3 Å². The summed E-state index contributed by atoms with van der Waals surface area (Å²) in [4.78, 5) is 26.4. The minimum atomic E-state index is -5.08. The maximum absolute atomic E-state index is 10.6. The van der Waals surface area contributed by atoms with Gasteiger partial charge in [-0.3, -0.25) is 0 Å². The highest BCUT2D eigenvalue weighted by molar-refractivity contribution is 7.11. The smallest absolute Gasteiger partial charge is 0.490 e. The molecule has 2 heterocycles. The summed E-state index contributed by atoms with van der Waals surface area (Å²) in [6.07, 6.45) is -6.51. The largest absolute Gasteiger partial charge is 0.490 e. The lowest BCUT2D eigenvalue weighted by Crippen LogP contribution is -2.39. The number of aliphatic carboxylic acids is 2. The predicted octanol–water partition coefficient (Wildman–Crippen LogP) is 5.42. The van der Waals surface area contributed by atoms with E-state index in [1.807, 2.05) is 11.3 Å². The Bertz CT molecular complexity index is 977. The van der Waals surface area contributed by atoms with E-state index in [-0.39, 0.29) is 0 Å². The average molecular weight is 559 g/mol. The molecule has 3 rings (SSSR count). The number of hydrogen-bond donors (Lipinski definition) is 2. The minimum absolute atomic E-state index is 0.359. The van der Waals surface area contributed by atoms with Gasteiger partial charge in [-0.25, -0.2) is 14.6 Å². The van der Waals surface area contributed by atoms with Crippen LogP contribution in [0.1, 0.15) is 34.0 Å². The third-order valence-corrected chi connectivity index (χ3v) is 5.94. The van der Waals surface area contributed by atoms with Gasteiger partial charge in [-0.1, -0.05) is 17.7 Å². The van der Waals surface area contributed by atoms with E-state index in [9.17, 15) is 26.3 Å². The summed E-state index contributed by atoms with van der Waals surface area (Å²) in [5.41, 5.74) is 2.56. The van der Waals surface area contributed by atoms with Gasteiger partial charge < -0.3 is 19.8 Å². The predicted molar refractivity (Wildman–Crippen MR) is 124 cm³/mol. The quantitative estimate of drug-likeness (QED) is 0.473. The van der Waals surface area contributed by atoms with E-state index in [0.717, 1.165) is 44.6 Å². The molecule has 0 bridgehead atoms. The van der Waals surface area contributed by atoms with Crippen molar-refractivity contribution in [2.75, 3.05) is 19.6 Å². The molecule has 0 spiro atoms. The Morgan fingerprint density at radius 3 is 1.81 bits per heavy atom. The van der Waals surface area contributed by atoms with Crippen molar-refractivity contribution in [1.29, 1.82) is 0 Å². The van der Waals surface area contributed by atoms with E-state index >= 15 is 0 Å². The zero-order valence-corrected chi connectivity index (χ0v) is 21.1. The monoisotopic (exact) mass is 558 g/mol. The first-order chi connectivity index (χ1) is 17.0. The van der Waals surface area contributed by atoms with Gasteiger partial charge in [0.1, 0.15) is 11.9 Å². The molecule has 1 aromatic heterocycles. The number of rotatable bonds is 5. The van der Waals surface area contributed by atoms with Gasteiger partial charge in [-0.15, -0.1) is 11.3 Å². The third-order valence-electron chi connectivity index (χ3n) is 5.01. The van der Waals surface area contributed by atoms with Crippen molar-refractivity contribution in [3.63, 3.8) is 0 Å². The molecule has 1 aromatic carbocycles. The Morgan fingerprint density at radius 2 is 1.43 bits per heavy atom. The number of piperidine rings is 1. The lowest BCUT2D eigenvalue weighted by molar-refractivity contribution is -0.193. The first-order valence-corrected chi connectivity index (χ1v) is 11.8. The number of benzene rings is 1. The van der Waals surface area contributed by atoms with Crippen molar-refractivity contribution < 1.29 is 50.9 Å². The Labute approximate surface area is 213 Å². The zero-order valence-electron chi connectivity index (χ0n) is 20.3. The topological polar surface area (TPSA) is 100.0 Å². The molecule has 1 aliphatic rings. The van der Waals surface area contributed by atoms with Crippen molar-refractivity contribution >= 4 is 23.3 Å². The van der Waals surface area contributed by atoms with Gasteiger partial charge in [0.25, 0.3) is 0 Å². The number of ether oxygens (including phenoxy) is 1. The number of nitrogens with zero attached hydrogens (tertiary/aromatic N) is 2. The molecule has 37 heavy (non-hydrogen) atoms. The van der Waals surface area contributed by atoms with Crippen LogP contribution < -0.4 is 4.74 Å². The molecular formula is C23H28F6N2O5S. The molecule has 1 saturated heterocycles. The number of alkyl halides is 6. The zero-order chi connectivity index (χ0) is 28.4. The molecule has 0 saturated carbocycles. The maximum atomic E-state index is 10.6. The Kier molecular flexibility index (Phi) is 12.3. The lowest BCUT2D eigenvalue weighted by Gasteiger charge is -2.32. The van der Waals surface area contributed by atoms with E-state index in [1.165, 1.54) is 21.1 Å². The summed E-state index contributed by atoms with van der Waals surface area (Å²) in [6.45, 7) is 9.74. The second-order valence-electron chi connectivity index (χ2n) is 8.06. The first-order valence-electron chi connectivity index (χ1n) is 11.0. The van der Waals surface area contributed by atoms with Crippen molar-refractivity contribution in [3.05, 3.63) is 45.4 Å². The second-order valence-corrected chi connectivity index (χ2v) is 9.47. The van der Waals surface area contributed by atoms with Crippen LogP contribution in [0.15, 0.2) is 24.3 Å². The highest BCUT2D eigenvalue weighted by atomic mass is 32.1. The van der Waals surface area contributed by atoms with Gasteiger partial charge in [-0.05, 0) is 45.7 Å². The molecule has 0 radical (unpaired) electrons. The number of thiazole rings is 1. The fourth-order valence-corrected chi connectivity index (χ4v) is 3.99. The number of halogens is 6. The molecule has 2 N–H and O–H groups in total.